The van der Waals surface area contributed by atoms with Gasteiger partial charge in [0.15, 0.2) is 11.5 Å². The van der Waals surface area contributed by atoms with Crippen LogP contribution in [0.15, 0.2) is 72.8 Å². The minimum Gasteiger partial charge on any atom is -0.454 e. The number of fused-ring (bicyclic) bond motifs is 1. The van der Waals surface area contributed by atoms with Crippen molar-refractivity contribution < 1.29 is 19.1 Å². The molecular weight excluding hydrogens is 392 g/mol. The van der Waals surface area contributed by atoms with Gasteiger partial charge in [0.05, 0.1) is 11.3 Å². The first-order chi connectivity index (χ1) is 15.1. The second-order valence-corrected chi connectivity index (χ2v) is 7.15. The first-order valence-corrected chi connectivity index (χ1v) is 9.90. The van der Waals surface area contributed by atoms with Crippen molar-refractivity contribution in [3.8, 4) is 11.5 Å². The monoisotopic (exact) mass is 414 g/mol. The van der Waals surface area contributed by atoms with Crippen LogP contribution < -0.4 is 20.1 Å². The molecule has 6 nitrogen and oxygen atoms in total. The second-order valence-electron chi connectivity index (χ2n) is 7.15. The Morgan fingerprint density at radius 1 is 0.968 bits per heavy atom. The first-order valence-electron chi connectivity index (χ1n) is 9.90. The zero-order chi connectivity index (χ0) is 21.6. The summed E-state index contributed by atoms with van der Waals surface area (Å²) >= 11 is 0. The van der Waals surface area contributed by atoms with Crippen molar-refractivity contribution >= 4 is 23.6 Å². The Morgan fingerprint density at radius 2 is 1.74 bits per heavy atom. The van der Waals surface area contributed by atoms with E-state index < -0.39 is 0 Å². The summed E-state index contributed by atoms with van der Waals surface area (Å²) in [6, 6.07) is 20.3. The van der Waals surface area contributed by atoms with E-state index in [-0.39, 0.29) is 18.6 Å². The molecule has 31 heavy (non-hydrogen) atoms. The summed E-state index contributed by atoms with van der Waals surface area (Å²) in [7, 11) is 0. The predicted molar refractivity (Wildman–Crippen MR) is 119 cm³/mol. The highest BCUT2D eigenvalue weighted by Gasteiger charge is 2.13. The molecule has 3 aromatic rings. The van der Waals surface area contributed by atoms with Crippen molar-refractivity contribution in [3.05, 3.63) is 95.1 Å². The number of rotatable bonds is 6. The third-order valence-corrected chi connectivity index (χ3v) is 4.83. The fourth-order valence-electron chi connectivity index (χ4n) is 3.14. The lowest BCUT2D eigenvalue weighted by Crippen LogP contribution is -2.24. The largest absolute Gasteiger partial charge is 0.454 e. The molecule has 156 valence electrons. The van der Waals surface area contributed by atoms with E-state index in [0.717, 1.165) is 16.7 Å². The SMILES string of the molecule is Cc1ccc(CNC(=O)c2ccccc2NC(=O)/C=C/c2ccc3c(c2)OCO3)cc1. The van der Waals surface area contributed by atoms with Gasteiger partial charge in [0.25, 0.3) is 5.91 Å². The normalized spacial score (nSPS) is 12.0. The summed E-state index contributed by atoms with van der Waals surface area (Å²) in [5.41, 5.74) is 3.83. The lowest BCUT2D eigenvalue weighted by Gasteiger charge is -2.11. The number of hydrogen-bond acceptors (Lipinski definition) is 4. The van der Waals surface area contributed by atoms with E-state index in [1.165, 1.54) is 6.08 Å². The Morgan fingerprint density at radius 3 is 2.58 bits per heavy atom. The number of para-hydroxylation sites is 1. The molecule has 0 spiro atoms. The number of nitrogens with one attached hydrogen (secondary N) is 2. The van der Waals surface area contributed by atoms with Crippen LogP contribution in [0, 0.1) is 6.92 Å². The Balaban J connectivity index is 1.40. The summed E-state index contributed by atoms with van der Waals surface area (Å²) in [5.74, 6) is 0.748. The smallest absolute Gasteiger partial charge is 0.253 e. The highest BCUT2D eigenvalue weighted by molar-refractivity contribution is 6.07. The van der Waals surface area contributed by atoms with Crippen LogP contribution in [0.25, 0.3) is 6.08 Å². The molecule has 0 fully saturated rings. The van der Waals surface area contributed by atoms with Gasteiger partial charge in [0.2, 0.25) is 12.7 Å². The number of carbonyl (C=O) groups excluding carboxylic acids is 2. The molecule has 0 aromatic heterocycles. The number of carbonyl (C=O) groups is 2. The number of hydrogen-bond donors (Lipinski definition) is 2. The lowest BCUT2D eigenvalue weighted by molar-refractivity contribution is -0.111. The van der Waals surface area contributed by atoms with Crippen molar-refractivity contribution in [2.45, 2.75) is 13.5 Å². The number of amides is 2. The fourth-order valence-corrected chi connectivity index (χ4v) is 3.14. The van der Waals surface area contributed by atoms with E-state index in [1.807, 2.05) is 37.3 Å². The van der Waals surface area contributed by atoms with E-state index in [4.69, 9.17) is 9.47 Å². The third-order valence-electron chi connectivity index (χ3n) is 4.83. The zero-order valence-electron chi connectivity index (χ0n) is 17.1. The molecule has 0 saturated carbocycles. The third kappa shape index (κ3) is 5.11. The molecule has 0 saturated heterocycles. The molecule has 2 N–H and O–H groups in total. The van der Waals surface area contributed by atoms with Crippen LogP contribution in [0.3, 0.4) is 0 Å². The average molecular weight is 414 g/mol. The van der Waals surface area contributed by atoms with Gasteiger partial charge in [0, 0.05) is 12.6 Å². The van der Waals surface area contributed by atoms with Crippen LogP contribution in [-0.4, -0.2) is 18.6 Å². The van der Waals surface area contributed by atoms with Gasteiger partial charge in [-0.15, -0.1) is 0 Å². The highest BCUT2D eigenvalue weighted by Crippen LogP contribution is 2.32. The Kier molecular flexibility index (Phi) is 5.98. The maximum Gasteiger partial charge on any atom is 0.253 e. The summed E-state index contributed by atoms with van der Waals surface area (Å²) in [6.45, 7) is 2.62. The Hall–Kier alpha value is -4.06. The molecule has 0 atom stereocenters. The lowest BCUT2D eigenvalue weighted by atomic mass is 10.1. The van der Waals surface area contributed by atoms with Gasteiger partial charge in [-0.2, -0.15) is 0 Å². The first kappa shape index (κ1) is 20.2. The van der Waals surface area contributed by atoms with Gasteiger partial charge in [-0.05, 0) is 48.4 Å². The van der Waals surface area contributed by atoms with E-state index in [2.05, 4.69) is 10.6 Å². The van der Waals surface area contributed by atoms with Crippen molar-refractivity contribution in [1.82, 2.24) is 5.32 Å². The molecule has 0 bridgehead atoms. The van der Waals surface area contributed by atoms with Crippen LogP contribution >= 0.6 is 0 Å². The van der Waals surface area contributed by atoms with Crippen molar-refractivity contribution in [1.29, 1.82) is 0 Å². The number of ether oxygens (including phenoxy) is 2. The number of anilines is 1. The van der Waals surface area contributed by atoms with E-state index in [0.29, 0.717) is 29.3 Å². The summed E-state index contributed by atoms with van der Waals surface area (Å²) in [4.78, 5) is 25.1. The Labute approximate surface area is 180 Å². The summed E-state index contributed by atoms with van der Waals surface area (Å²) < 4.78 is 10.6. The van der Waals surface area contributed by atoms with Gasteiger partial charge >= 0.3 is 0 Å². The van der Waals surface area contributed by atoms with E-state index in [1.54, 1.807) is 42.5 Å². The number of benzene rings is 3. The molecule has 2 amide bonds. The quantitative estimate of drug-likeness (QED) is 0.590. The van der Waals surface area contributed by atoms with Crippen LogP contribution in [0.1, 0.15) is 27.0 Å². The fraction of sp³-hybridized carbons (Fsp3) is 0.120. The average Bonchev–Trinajstić information content (AvgIpc) is 3.25. The van der Waals surface area contributed by atoms with Gasteiger partial charge in [-0.1, -0.05) is 48.0 Å². The topological polar surface area (TPSA) is 76.7 Å². The molecule has 0 unspecified atom stereocenters. The van der Waals surface area contributed by atoms with Crippen LogP contribution in [0.4, 0.5) is 5.69 Å². The number of aryl methyl sites for hydroxylation is 1. The predicted octanol–water partition coefficient (Wildman–Crippen LogP) is 4.31. The molecular formula is C25H22N2O4. The second kappa shape index (κ2) is 9.17. The van der Waals surface area contributed by atoms with Crippen molar-refractivity contribution in [2.75, 3.05) is 12.1 Å². The summed E-state index contributed by atoms with van der Waals surface area (Å²) in [6.07, 6.45) is 3.09. The molecule has 4 rings (SSSR count). The zero-order valence-corrected chi connectivity index (χ0v) is 17.1. The molecule has 1 aliphatic rings. The maximum atomic E-state index is 12.7. The highest BCUT2D eigenvalue weighted by atomic mass is 16.7. The van der Waals surface area contributed by atoms with Crippen LogP contribution in [0.2, 0.25) is 0 Å². The molecule has 6 heteroatoms. The van der Waals surface area contributed by atoms with Gasteiger partial charge in [0.1, 0.15) is 0 Å². The molecule has 3 aromatic carbocycles. The maximum absolute atomic E-state index is 12.7. The molecule has 1 heterocycles. The van der Waals surface area contributed by atoms with E-state index in [9.17, 15) is 9.59 Å². The van der Waals surface area contributed by atoms with Crippen molar-refractivity contribution in [2.24, 2.45) is 0 Å². The van der Waals surface area contributed by atoms with Crippen molar-refractivity contribution in [3.63, 3.8) is 0 Å². The molecule has 0 radical (unpaired) electrons. The Bertz CT molecular complexity index is 1140. The van der Waals surface area contributed by atoms with Gasteiger partial charge in [-0.3, -0.25) is 9.59 Å². The standard InChI is InChI=1S/C25H22N2O4/c1-17-6-8-19(9-7-17)15-26-25(29)20-4-2-3-5-21(20)27-24(28)13-11-18-10-12-22-23(14-18)31-16-30-22/h2-14H,15-16H2,1H3,(H,26,29)(H,27,28)/b13-11+. The molecule has 1 aliphatic heterocycles. The van der Waals surface area contributed by atoms with E-state index >= 15 is 0 Å². The van der Waals surface area contributed by atoms with Gasteiger partial charge in [-0.25, -0.2) is 0 Å². The molecule has 0 aliphatic carbocycles. The summed E-state index contributed by atoms with van der Waals surface area (Å²) in [5, 5.41) is 5.67. The minimum absolute atomic E-state index is 0.200. The minimum atomic E-state index is -0.337. The van der Waals surface area contributed by atoms with Crippen LogP contribution in [0.5, 0.6) is 11.5 Å². The van der Waals surface area contributed by atoms with Gasteiger partial charge < -0.3 is 20.1 Å². The van der Waals surface area contributed by atoms with Crippen LogP contribution in [-0.2, 0) is 11.3 Å².